The van der Waals surface area contributed by atoms with Gasteiger partial charge in [0.05, 0.1) is 0 Å². The first-order valence-electron chi connectivity index (χ1n) is 2.75. The van der Waals surface area contributed by atoms with Crippen LogP contribution >= 0.6 is 15.9 Å². The van der Waals surface area contributed by atoms with Gasteiger partial charge in [0, 0.05) is 5.33 Å². The van der Waals surface area contributed by atoms with E-state index in [2.05, 4.69) is 21.2 Å². The van der Waals surface area contributed by atoms with Gasteiger partial charge in [0.1, 0.15) is 0 Å². The molecule has 0 unspecified atom stereocenters. The second-order valence-corrected chi connectivity index (χ2v) is 2.47. The molecule has 0 aliphatic carbocycles. The number of hydrogen-bond donors (Lipinski definition) is 2. The standard InChI is InChI=1S/C4H11BBrNO/c1-5(8)7-4-2-3-6/h7-8H,2-4H2,1H3. The van der Waals surface area contributed by atoms with Crippen LogP contribution in [0.2, 0.25) is 6.82 Å². The van der Waals surface area contributed by atoms with Crippen LogP contribution in [0.25, 0.3) is 0 Å². The summed E-state index contributed by atoms with van der Waals surface area (Å²) in [5.41, 5.74) is 0. The van der Waals surface area contributed by atoms with E-state index >= 15 is 0 Å². The maximum atomic E-state index is 8.65. The van der Waals surface area contributed by atoms with Gasteiger partial charge in [-0.25, -0.2) is 0 Å². The number of rotatable bonds is 4. The fourth-order valence-electron chi connectivity index (χ4n) is 0.378. The topological polar surface area (TPSA) is 32.3 Å². The Morgan fingerprint density at radius 2 is 2.38 bits per heavy atom. The molecule has 0 heterocycles. The van der Waals surface area contributed by atoms with Crippen LogP contribution in [0.5, 0.6) is 0 Å². The Morgan fingerprint density at radius 3 is 2.75 bits per heavy atom. The fourth-order valence-corrected chi connectivity index (χ4v) is 0.658. The molecule has 8 heavy (non-hydrogen) atoms. The van der Waals surface area contributed by atoms with Gasteiger partial charge in [-0.3, -0.25) is 0 Å². The van der Waals surface area contributed by atoms with Gasteiger partial charge >= 0.3 is 7.05 Å². The molecule has 0 atom stereocenters. The van der Waals surface area contributed by atoms with Crippen LogP contribution in [0.3, 0.4) is 0 Å². The molecule has 0 bridgehead atoms. The molecule has 0 aliphatic heterocycles. The SMILES string of the molecule is CB(O)NCCCBr. The van der Waals surface area contributed by atoms with Crippen molar-refractivity contribution in [1.82, 2.24) is 5.23 Å². The molecule has 2 nitrogen and oxygen atoms in total. The zero-order valence-electron chi connectivity index (χ0n) is 5.02. The molecule has 0 aromatic rings. The van der Waals surface area contributed by atoms with Crippen molar-refractivity contribution in [3.63, 3.8) is 0 Å². The van der Waals surface area contributed by atoms with E-state index in [9.17, 15) is 0 Å². The third-order valence-corrected chi connectivity index (χ3v) is 1.31. The van der Waals surface area contributed by atoms with Crippen molar-refractivity contribution in [3.05, 3.63) is 0 Å². The summed E-state index contributed by atoms with van der Waals surface area (Å²) in [5, 5.41) is 12.5. The maximum absolute atomic E-state index is 8.65. The molecule has 0 aromatic carbocycles. The van der Waals surface area contributed by atoms with Crippen LogP contribution in [0, 0.1) is 0 Å². The molecule has 0 radical (unpaired) electrons. The zero-order chi connectivity index (χ0) is 6.41. The summed E-state index contributed by atoms with van der Waals surface area (Å²) < 4.78 is 0. The lowest BCUT2D eigenvalue weighted by Gasteiger charge is -1.99. The van der Waals surface area contributed by atoms with E-state index in [4.69, 9.17) is 5.02 Å². The highest BCUT2D eigenvalue weighted by Gasteiger charge is 1.97. The average molecular weight is 180 g/mol. The van der Waals surface area contributed by atoms with Gasteiger partial charge in [0.25, 0.3) is 0 Å². The fraction of sp³-hybridized carbons (Fsp3) is 1.00. The number of hydrogen-bond acceptors (Lipinski definition) is 2. The number of alkyl halides is 1. The minimum absolute atomic E-state index is 0.367. The molecule has 0 aliphatic rings. The molecule has 0 rings (SSSR count). The Bertz CT molecular complexity index is 53.3. The molecule has 2 N–H and O–H groups in total. The van der Waals surface area contributed by atoms with Crippen LogP contribution in [-0.4, -0.2) is 23.9 Å². The van der Waals surface area contributed by atoms with Gasteiger partial charge in [0.2, 0.25) is 0 Å². The molecule has 0 amide bonds. The Hall–Kier alpha value is 0.465. The molecule has 0 spiro atoms. The molecule has 0 aromatic heterocycles. The highest BCUT2D eigenvalue weighted by atomic mass is 79.9. The maximum Gasteiger partial charge on any atom is 0.373 e. The lowest BCUT2D eigenvalue weighted by molar-refractivity contribution is 0.554. The largest absolute Gasteiger partial charge is 0.437 e. The highest BCUT2D eigenvalue weighted by molar-refractivity contribution is 9.09. The van der Waals surface area contributed by atoms with Gasteiger partial charge in [-0.2, -0.15) is 0 Å². The summed E-state index contributed by atoms with van der Waals surface area (Å²) in [5.74, 6) is 0. The first-order valence-corrected chi connectivity index (χ1v) is 3.87. The first kappa shape index (κ1) is 8.46. The monoisotopic (exact) mass is 179 g/mol. The summed E-state index contributed by atoms with van der Waals surface area (Å²) in [6, 6.07) is 0. The van der Waals surface area contributed by atoms with Crippen LogP contribution in [-0.2, 0) is 0 Å². The molecule has 0 fully saturated rings. The predicted molar refractivity (Wildman–Crippen MR) is 40.3 cm³/mol. The minimum Gasteiger partial charge on any atom is -0.437 e. The molecule has 0 saturated heterocycles. The molecule has 48 valence electrons. The summed E-state index contributed by atoms with van der Waals surface area (Å²) in [7, 11) is -0.367. The van der Waals surface area contributed by atoms with Gasteiger partial charge < -0.3 is 10.3 Å². The normalized spacial score (nSPS) is 9.38. The Labute approximate surface area is 58.9 Å². The predicted octanol–water partition coefficient (Wildman–Crippen LogP) is 0.471. The quantitative estimate of drug-likeness (QED) is 0.374. The van der Waals surface area contributed by atoms with Crippen molar-refractivity contribution in [2.24, 2.45) is 0 Å². The molecule has 0 saturated carbocycles. The van der Waals surface area contributed by atoms with Crippen LogP contribution in [0.1, 0.15) is 6.42 Å². The van der Waals surface area contributed by atoms with Crippen LogP contribution in [0.15, 0.2) is 0 Å². The Morgan fingerprint density at radius 1 is 1.75 bits per heavy atom. The van der Waals surface area contributed by atoms with E-state index in [1.807, 2.05) is 0 Å². The van der Waals surface area contributed by atoms with E-state index in [0.29, 0.717) is 0 Å². The van der Waals surface area contributed by atoms with Gasteiger partial charge in [0.15, 0.2) is 0 Å². The van der Waals surface area contributed by atoms with Crippen molar-refractivity contribution in [2.45, 2.75) is 13.2 Å². The van der Waals surface area contributed by atoms with E-state index in [-0.39, 0.29) is 7.05 Å². The van der Waals surface area contributed by atoms with Gasteiger partial charge in [-0.15, -0.1) is 0 Å². The summed E-state index contributed by atoms with van der Waals surface area (Å²) >= 11 is 3.28. The Kier molecular flexibility index (Phi) is 5.92. The van der Waals surface area contributed by atoms with Crippen molar-refractivity contribution >= 4 is 23.0 Å². The molecular weight excluding hydrogens is 169 g/mol. The summed E-state index contributed by atoms with van der Waals surface area (Å²) in [6.45, 7) is 2.59. The Balaban J connectivity index is 2.72. The average Bonchev–Trinajstić information content (AvgIpc) is 1.66. The minimum atomic E-state index is -0.367. The number of nitrogens with one attached hydrogen (secondary N) is 1. The molecule has 4 heteroatoms. The smallest absolute Gasteiger partial charge is 0.373 e. The van der Waals surface area contributed by atoms with E-state index < -0.39 is 0 Å². The van der Waals surface area contributed by atoms with E-state index in [1.54, 1.807) is 6.82 Å². The lowest BCUT2D eigenvalue weighted by atomic mass is 9.89. The summed E-state index contributed by atoms with van der Waals surface area (Å²) in [6.07, 6.45) is 1.06. The van der Waals surface area contributed by atoms with Crippen molar-refractivity contribution in [1.29, 1.82) is 0 Å². The van der Waals surface area contributed by atoms with Crippen LogP contribution < -0.4 is 5.23 Å². The van der Waals surface area contributed by atoms with E-state index in [0.717, 1.165) is 18.3 Å². The highest BCUT2D eigenvalue weighted by Crippen LogP contribution is 1.83. The second kappa shape index (κ2) is 5.60. The third-order valence-electron chi connectivity index (χ3n) is 0.750. The van der Waals surface area contributed by atoms with Crippen molar-refractivity contribution < 1.29 is 5.02 Å². The zero-order valence-corrected chi connectivity index (χ0v) is 6.61. The van der Waals surface area contributed by atoms with Gasteiger partial charge in [-0.05, 0) is 19.8 Å². The first-order chi connectivity index (χ1) is 3.77. The lowest BCUT2D eigenvalue weighted by Crippen LogP contribution is -2.31. The van der Waals surface area contributed by atoms with Crippen molar-refractivity contribution in [3.8, 4) is 0 Å². The number of halogens is 1. The van der Waals surface area contributed by atoms with E-state index in [1.165, 1.54) is 0 Å². The molecular formula is C4H11BBrNO. The second-order valence-electron chi connectivity index (χ2n) is 1.67. The van der Waals surface area contributed by atoms with Gasteiger partial charge in [-0.1, -0.05) is 15.9 Å². The third kappa shape index (κ3) is 6.46. The van der Waals surface area contributed by atoms with Crippen molar-refractivity contribution in [2.75, 3.05) is 11.9 Å². The summed E-state index contributed by atoms with van der Waals surface area (Å²) in [4.78, 5) is 0. The van der Waals surface area contributed by atoms with Crippen LogP contribution in [0.4, 0.5) is 0 Å².